The lowest BCUT2D eigenvalue weighted by Gasteiger charge is -2.32. The number of benzene rings is 1. The number of nitrogens with two attached hydrogens (primary N) is 4. The fraction of sp³-hybridized carbons (Fsp3) is 0.643. The van der Waals surface area contributed by atoms with Crippen LogP contribution in [0.3, 0.4) is 0 Å². The zero-order valence-corrected chi connectivity index (χ0v) is 36.5. The van der Waals surface area contributed by atoms with Gasteiger partial charge in [-0.1, -0.05) is 44.2 Å². The largest absolute Gasteiger partial charge is 0.394 e. The first-order chi connectivity index (χ1) is 29.9. The molecule has 63 heavy (non-hydrogen) atoms. The van der Waals surface area contributed by atoms with Crippen molar-refractivity contribution in [3.63, 3.8) is 0 Å². The molecule has 0 radical (unpaired) electrons. The SMILES string of the molecule is CC(C)C[C@H](NC(=O)[C@H](CCCN=C(N)N)NC(=O)[C@@H]1CCCN1C(=O)[C@H](C)NC(=O)[C@H](Cc1ccccc1)NC(=O)[C@@H]1CCCN1C(=O)[C@@H]1CCCN1C(=O)[C@@H](N)CO)C(N)=O. The third-order valence-corrected chi connectivity index (χ3v) is 11.6. The highest BCUT2D eigenvalue weighted by Crippen LogP contribution is 2.26. The normalized spacial score (nSPS) is 20.9. The van der Waals surface area contributed by atoms with E-state index in [-0.39, 0.29) is 57.2 Å². The minimum atomic E-state index is -1.17. The summed E-state index contributed by atoms with van der Waals surface area (Å²) in [5.41, 5.74) is 22.9. The predicted octanol–water partition coefficient (Wildman–Crippen LogP) is -2.93. The van der Waals surface area contributed by atoms with Crippen LogP contribution in [0.25, 0.3) is 0 Å². The molecule has 348 valence electrons. The second-order valence-electron chi connectivity index (χ2n) is 16.9. The lowest BCUT2D eigenvalue weighted by Crippen LogP contribution is -2.59. The van der Waals surface area contributed by atoms with Crippen molar-refractivity contribution in [2.75, 3.05) is 32.8 Å². The maximum atomic E-state index is 14.0. The number of carbonyl (C=O) groups is 8. The molecule has 0 bridgehead atoms. The van der Waals surface area contributed by atoms with Gasteiger partial charge in [-0.05, 0) is 76.2 Å². The van der Waals surface area contributed by atoms with Crippen LogP contribution in [-0.2, 0) is 44.8 Å². The Balaban J connectivity index is 1.45. The van der Waals surface area contributed by atoms with E-state index in [1.54, 1.807) is 30.3 Å². The lowest BCUT2D eigenvalue weighted by atomic mass is 10.0. The Morgan fingerprint density at radius 3 is 1.83 bits per heavy atom. The molecule has 3 fully saturated rings. The number of aliphatic imine (C=N–C) groups is 1. The van der Waals surface area contributed by atoms with Crippen LogP contribution in [0.4, 0.5) is 0 Å². The van der Waals surface area contributed by atoms with E-state index < -0.39 is 102 Å². The predicted molar refractivity (Wildman–Crippen MR) is 231 cm³/mol. The third kappa shape index (κ3) is 13.8. The van der Waals surface area contributed by atoms with Crippen LogP contribution in [0, 0.1) is 5.92 Å². The van der Waals surface area contributed by atoms with Gasteiger partial charge in [0.05, 0.1) is 6.61 Å². The van der Waals surface area contributed by atoms with Crippen molar-refractivity contribution in [2.45, 2.75) is 133 Å². The number of amides is 8. The van der Waals surface area contributed by atoms with Gasteiger partial charge in [0.25, 0.3) is 0 Å². The first kappa shape index (κ1) is 49.8. The molecule has 3 saturated heterocycles. The molecule has 0 unspecified atom stereocenters. The molecule has 3 aliphatic rings. The summed E-state index contributed by atoms with van der Waals surface area (Å²) >= 11 is 0. The number of rotatable bonds is 21. The zero-order chi connectivity index (χ0) is 46.4. The molecule has 0 aromatic heterocycles. The highest BCUT2D eigenvalue weighted by molar-refractivity contribution is 5.98. The molecule has 1 aromatic rings. The summed E-state index contributed by atoms with van der Waals surface area (Å²) in [6.45, 7) is 5.57. The van der Waals surface area contributed by atoms with Gasteiger partial charge in [-0.25, -0.2) is 0 Å². The van der Waals surface area contributed by atoms with Gasteiger partial charge < -0.3 is 64.0 Å². The smallest absolute Gasteiger partial charge is 0.246 e. The maximum absolute atomic E-state index is 14.0. The van der Waals surface area contributed by atoms with Crippen LogP contribution >= 0.6 is 0 Å². The molecule has 21 heteroatoms. The van der Waals surface area contributed by atoms with Gasteiger partial charge in [0.2, 0.25) is 47.3 Å². The standard InChI is InChI=1S/C42H66N12O9/c1-24(2)21-29(34(44)56)50-35(57)28(13-7-17-47-42(45)46)49-37(59)31-14-8-18-52(31)39(61)25(3)48-36(58)30(22-26-11-5-4-6-12-26)51-38(60)32-15-9-19-53(32)41(63)33-16-10-20-54(33)40(62)27(43)23-55/h4-6,11-12,24-25,27-33,55H,7-10,13-23,43H2,1-3H3,(H2,44,56)(H,48,58)(H,49,59)(H,50,57)(H,51,60)(H4,45,46,47)/t25-,27-,28-,29-,30-,31-,32-,33-/m0/s1. The summed E-state index contributed by atoms with van der Waals surface area (Å²) < 4.78 is 0. The van der Waals surface area contributed by atoms with Crippen molar-refractivity contribution in [2.24, 2.45) is 33.8 Å². The minimum absolute atomic E-state index is 0.0305. The van der Waals surface area contributed by atoms with Crippen LogP contribution in [-0.4, -0.2) is 154 Å². The number of hydrogen-bond acceptors (Lipinski definition) is 11. The van der Waals surface area contributed by atoms with Crippen LogP contribution in [0.1, 0.15) is 84.1 Å². The van der Waals surface area contributed by atoms with E-state index in [4.69, 9.17) is 22.9 Å². The summed E-state index contributed by atoms with van der Waals surface area (Å²) in [7, 11) is 0. The minimum Gasteiger partial charge on any atom is -0.394 e. The Bertz CT molecular complexity index is 1830. The fourth-order valence-electron chi connectivity index (χ4n) is 8.36. The summed E-state index contributed by atoms with van der Waals surface area (Å²) in [5.74, 6) is -4.82. The molecule has 3 heterocycles. The number of carbonyl (C=O) groups excluding carboxylic acids is 8. The topological polar surface area (TPSA) is 331 Å². The van der Waals surface area contributed by atoms with E-state index in [2.05, 4.69) is 26.3 Å². The van der Waals surface area contributed by atoms with Crippen LogP contribution < -0.4 is 44.2 Å². The van der Waals surface area contributed by atoms with Crippen molar-refractivity contribution in [3.05, 3.63) is 35.9 Å². The van der Waals surface area contributed by atoms with Gasteiger partial charge in [-0.2, -0.15) is 0 Å². The Morgan fingerprint density at radius 1 is 0.714 bits per heavy atom. The Kier molecular flexibility index (Phi) is 18.6. The summed E-state index contributed by atoms with van der Waals surface area (Å²) in [5, 5.41) is 20.4. The molecular formula is C42H66N12O9. The molecule has 0 saturated carbocycles. The number of likely N-dealkylation sites (tertiary alicyclic amines) is 3. The Morgan fingerprint density at radius 2 is 1.25 bits per heavy atom. The summed E-state index contributed by atoms with van der Waals surface area (Å²) in [4.78, 5) is 116. The van der Waals surface area contributed by atoms with Crippen molar-refractivity contribution >= 4 is 53.2 Å². The molecule has 3 aliphatic heterocycles. The Hall–Kier alpha value is -5.83. The number of nitrogens with zero attached hydrogens (tertiary/aromatic N) is 4. The van der Waals surface area contributed by atoms with Crippen molar-refractivity contribution in [1.82, 2.24) is 36.0 Å². The number of hydrogen-bond donors (Lipinski definition) is 9. The molecular weight excluding hydrogens is 817 g/mol. The maximum Gasteiger partial charge on any atom is 0.246 e. The molecule has 1 aromatic carbocycles. The highest BCUT2D eigenvalue weighted by Gasteiger charge is 2.44. The second kappa shape index (κ2) is 23.6. The van der Waals surface area contributed by atoms with E-state index in [0.29, 0.717) is 45.1 Å². The molecule has 4 rings (SSSR count). The van der Waals surface area contributed by atoms with Gasteiger partial charge >= 0.3 is 0 Å². The molecule has 0 aliphatic carbocycles. The van der Waals surface area contributed by atoms with Gasteiger partial charge in [0, 0.05) is 32.6 Å². The molecule has 0 spiro atoms. The van der Waals surface area contributed by atoms with Gasteiger partial charge in [0.15, 0.2) is 5.96 Å². The van der Waals surface area contributed by atoms with Crippen LogP contribution in [0.5, 0.6) is 0 Å². The Labute approximate surface area is 367 Å². The van der Waals surface area contributed by atoms with Gasteiger partial charge in [0.1, 0.15) is 48.3 Å². The van der Waals surface area contributed by atoms with E-state index in [1.807, 2.05) is 13.8 Å². The van der Waals surface area contributed by atoms with E-state index in [1.165, 1.54) is 21.6 Å². The summed E-state index contributed by atoms with van der Waals surface area (Å²) in [6.07, 6.45) is 3.26. The molecule has 8 atom stereocenters. The first-order valence-electron chi connectivity index (χ1n) is 21.8. The number of primary amides is 1. The van der Waals surface area contributed by atoms with E-state index in [9.17, 15) is 43.5 Å². The van der Waals surface area contributed by atoms with Crippen LogP contribution in [0.15, 0.2) is 35.3 Å². The lowest BCUT2D eigenvalue weighted by molar-refractivity contribution is -0.147. The highest BCUT2D eigenvalue weighted by atomic mass is 16.3. The molecule has 8 amide bonds. The second-order valence-corrected chi connectivity index (χ2v) is 16.9. The van der Waals surface area contributed by atoms with Crippen molar-refractivity contribution in [1.29, 1.82) is 0 Å². The first-order valence-corrected chi connectivity index (χ1v) is 21.8. The zero-order valence-electron chi connectivity index (χ0n) is 36.5. The average Bonchev–Trinajstić information content (AvgIpc) is 4.05. The monoisotopic (exact) mass is 883 g/mol. The number of guanidine groups is 1. The average molecular weight is 883 g/mol. The van der Waals surface area contributed by atoms with Crippen molar-refractivity contribution < 1.29 is 43.5 Å². The van der Waals surface area contributed by atoms with Gasteiger partial charge in [-0.15, -0.1) is 0 Å². The fourth-order valence-corrected chi connectivity index (χ4v) is 8.36. The van der Waals surface area contributed by atoms with Crippen molar-refractivity contribution in [3.8, 4) is 0 Å². The molecule has 13 N–H and O–H groups in total. The van der Waals surface area contributed by atoms with E-state index in [0.717, 1.165) is 5.56 Å². The third-order valence-electron chi connectivity index (χ3n) is 11.6. The quantitative estimate of drug-likeness (QED) is 0.0341. The number of aliphatic hydroxyl groups excluding tert-OH is 1. The molecule has 21 nitrogen and oxygen atoms in total. The van der Waals surface area contributed by atoms with Crippen LogP contribution in [0.2, 0.25) is 0 Å². The van der Waals surface area contributed by atoms with E-state index >= 15 is 0 Å². The summed E-state index contributed by atoms with van der Waals surface area (Å²) in [6, 6.07) is 0.624. The van der Waals surface area contributed by atoms with Gasteiger partial charge in [-0.3, -0.25) is 43.3 Å². The number of aliphatic hydroxyl groups is 1. The number of nitrogens with one attached hydrogen (secondary N) is 4.